The van der Waals surface area contributed by atoms with Gasteiger partial charge in [-0.25, -0.2) is 0 Å². The molecule has 3 aromatic rings. The fourth-order valence-corrected chi connectivity index (χ4v) is 5.00. The Balaban J connectivity index is 1.43. The van der Waals surface area contributed by atoms with Crippen LogP contribution in [0.15, 0.2) is 41.5 Å². The average Bonchev–Trinajstić information content (AvgIpc) is 3.25. The summed E-state index contributed by atoms with van der Waals surface area (Å²) in [6.45, 7) is 3.28. The summed E-state index contributed by atoms with van der Waals surface area (Å²) in [7, 11) is 1.71. The van der Waals surface area contributed by atoms with Crippen molar-refractivity contribution in [2.24, 2.45) is 13.0 Å². The van der Waals surface area contributed by atoms with Crippen LogP contribution in [0.1, 0.15) is 34.3 Å². The van der Waals surface area contributed by atoms with Gasteiger partial charge in [-0.05, 0) is 48.9 Å². The largest absolute Gasteiger partial charge is 0.508 e. The van der Waals surface area contributed by atoms with Crippen LogP contribution in [0.25, 0.3) is 10.9 Å². The van der Waals surface area contributed by atoms with Gasteiger partial charge in [0.05, 0.1) is 16.5 Å². The van der Waals surface area contributed by atoms with E-state index in [0.717, 1.165) is 23.9 Å². The van der Waals surface area contributed by atoms with E-state index in [9.17, 15) is 14.7 Å². The number of carbonyl (C=O) groups is 1. The molecule has 1 saturated heterocycles. The van der Waals surface area contributed by atoms with Crippen LogP contribution in [-0.4, -0.2) is 38.6 Å². The summed E-state index contributed by atoms with van der Waals surface area (Å²) in [6.07, 6.45) is 5.37. The molecule has 3 heterocycles. The van der Waals surface area contributed by atoms with E-state index in [0.29, 0.717) is 35.7 Å². The van der Waals surface area contributed by atoms with E-state index in [1.54, 1.807) is 25.5 Å². The minimum Gasteiger partial charge on any atom is -0.508 e. The monoisotopic (exact) mass is 377 g/mol. The molecule has 2 atom stereocenters. The summed E-state index contributed by atoms with van der Waals surface area (Å²) in [5, 5.41) is 10.3. The van der Waals surface area contributed by atoms with Crippen LogP contribution >= 0.6 is 0 Å². The number of amides is 1. The number of phenols is 1. The number of hydrogen-bond acceptors (Lipinski definition) is 3. The van der Waals surface area contributed by atoms with Crippen LogP contribution in [0.3, 0.4) is 0 Å². The normalized spacial score (nSPS) is 23.6. The first-order valence-corrected chi connectivity index (χ1v) is 9.67. The van der Waals surface area contributed by atoms with Crippen molar-refractivity contribution in [3.8, 4) is 5.75 Å². The molecule has 2 aliphatic rings. The van der Waals surface area contributed by atoms with Gasteiger partial charge in [-0.3, -0.25) is 9.59 Å². The molecule has 0 radical (unpaired) electrons. The Morgan fingerprint density at radius 3 is 2.93 bits per heavy atom. The number of nitrogens with zero attached hydrogens (tertiary/aromatic N) is 2. The molecule has 144 valence electrons. The predicted molar refractivity (Wildman–Crippen MR) is 107 cm³/mol. The van der Waals surface area contributed by atoms with Gasteiger partial charge >= 0.3 is 0 Å². The molecule has 1 aromatic carbocycles. The smallest absolute Gasteiger partial charge is 0.260 e. The molecule has 1 saturated carbocycles. The maximum atomic E-state index is 13.2. The van der Waals surface area contributed by atoms with Gasteiger partial charge in [0.25, 0.3) is 11.5 Å². The minimum atomic E-state index is -0.150. The van der Waals surface area contributed by atoms with Crippen molar-refractivity contribution < 1.29 is 9.90 Å². The fourth-order valence-electron chi connectivity index (χ4n) is 5.00. The molecular formula is C22H23N3O3. The number of nitrogens with one attached hydrogen (secondary N) is 1. The third-order valence-corrected chi connectivity index (χ3v) is 6.64. The van der Waals surface area contributed by atoms with E-state index in [1.165, 1.54) is 10.1 Å². The lowest BCUT2D eigenvalue weighted by molar-refractivity contribution is 0.0709. The van der Waals surface area contributed by atoms with Crippen molar-refractivity contribution in [3.63, 3.8) is 0 Å². The summed E-state index contributed by atoms with van der Waals surface area (Å²) < 4.78 is 1.53. The molecule has 1 aliphatic heterocycles. The molecule has 2 aromatic heterocycles. The lowest BCUT2D eigenvalue weighted by atomic mass is 9.87. The lowest BCUT2D eigenvalue weighted by Gasteiger charge is -2.32. The van der Waals surface area contributed by atoms with E-state index in [4.69, 9.17) is 0 Å². The molecule has 1 amide bonds. The van der Waals surface area contributed by atoms with Crippen LogP contribution in [0.2, 0.25) is 0 Å². The van der Waals surface area contributed by atoms with Crippen LogP contribution in [0, 0.1) is 12.8 Å². The summed E-state index contributed by atoms with van der Waals surface area (Å²) >= 11 is 0. The third-order valence-electron chi connectivity index (χ3n) is 6.64. The number of H-pyrrole nitrogens is 1. The summed E-state index contributed by atoms with van der Waals surface area (Å²) in [5.74, 6) is 0.619. The van der Waals surface area contributed by atoms with Crippen LogP contribution in [0.5, 0.6) is 5.75 Å². The van der Waals surface area contributed by atoms with Crippen LogP contribution in [-0.2, 0) is 12.5 Å². The van der Waals surface area contributed by atoms with Crippen molar-refractivity contribution >= 4 is 16.8 Å². The highest BCUT2D eigenvalue weighted by Crippen LogP contribution is 2.59. The zero-order valence-corrected chi connectivity index (χ0v) is 16.0. The summed E-state index contributed by atoms with van der Waals surface area (Å²) in [6, 6.07) is 7.50. The molecule has 2 unspecified atom stereocenters. The van der Waals surface area contributed by atoms with Gasteiger partial charge in [0.15, 0.2) is 0 Å². The Morgan fingerprint density at radius 2 is 2.18 bits per heavy atom. The van der Waals surface area contributed by atoms with Gasteiger partial charge in [-0.2, -0.15) is 0 Å². The molecule has 0 bridgehead atoms. The van der Waals surface area contributed by atoms with Gasteiger partial charge in [0, 0.05) is 37.9 Å². The quantitative estimate of drug-likeness (QED) is 0.721. The Kier molecular flexibility index (Phi) is 3.50. The maximum Gasteiger partial charge on any atom is 0.260 e. The molecule has 5 rings (SSSR count). The topological polar surface area (TPSA) is 78.3 Å². The second-order valence-corrected chi connectivity index (χ2v) is 8.29. The fraction of sp³-hybridized carbons (Fsp3) is 0.364. The van der Waals surface area contributed by atoms with E-state index in [2.05, 4.69) is 11.1 Å². The number of piperidine rings is 1. The van der Waals surface area contributed by atoms with E-state index < -0.39 is 0 Å². The molecule has 6 heteroatoms. The van der Waals surface area contributed by atoms with E-state index >= 15 is 0 Å². The number of hydrogen-bond donors (Lipinski definition) is 2. The van der Waals surface area contributed by atoms with Crippen molar-refractivity contribution in [3.05, 3.63) is 63.7 Å². The number of carbonyl (C=O) groups excluding carboxylic acids is 1. The first-order chi connectivity index (χ1) is 13.4. The first kappa shape index (κ1) is 17.1. The van der Waals surface area contributed by atoms with Gasteiger partial charge < -0.3 is 19.6 Å². The Bertz CT molecular complexity index is 1180. The number of aromatic amines is 1. The van der Waals surface area contributed by atoms with Crippen LogP contribution in [0.4, 0.5) is 0 Å². The highest BCUT2D eigenvalue weighted by molar-refractivity contribution is 6.07. The van der Waals surface area contributed by atoms with Gasteiger partial charge in [0.1, 0.15) is 5.75 Å². The molecule has 6 nitrogen and oxygen atoms in total. The third kappa shape index (κ3) is 2.33. The van der Waals surface area contributed by atoms with Gasteiger partial charge in [-0.15, -0.1) is 0 Å². The number of pyridine rings is 1. The molecule has 2 fully saturated rings. The number of rotatable bonds is 2. The van der Waals surface area contributed by atoms with Gasteiger partial charge in [0.2, 0.25) is 0 Å². The predicted octanol–water partition coefficient (Wildman–Crippen LogP) is 2.68. The number of benzene rings is 1. The summed E-state index contributed by atoms with van der Waals surface area (Å²) in [5.41, 5.74) is 3.25. The number of phenolic OH excluding ortho intramolecular Hbond substituents is 1. The maximum absolute atomic E-state index is 13.2. The average molecular weight is 377 g/mol. The molecule has 28 heavy (non-hydrogen) atoms. The molecule has 2 N–H and O–H groups in total. The van der Waals surface area contributed by atoms with Crippen molar-refractivity contribution in [1.29, 1.82) is 0 Å². The lowest BCUT2D eigenvalue weighted by Crippen LogP contribution is -2.40. The Labute approximate surface area is 162 Å². The van der Waals surface area contributed by atoms with E-state index in [-0.39, 0.29) is 16.9 Å². The number of likely N-dealkylation sites (tertiary alicyclic amines) is 1. The zero-order valence-electron chi connectivity index (χ0n) is 16.0. The second kappa shape index (κ2) is 5.74. The SMILES string of the molecule is Cc1cn(C)c(=O)c2c(C(=O)N3CCC4(c5cccc(O)c5)CC4C3)c[nH]c12. The van der Waals surface area contributed by atoms with Crippen molar-refractivity contribution in [1.82, 2.24) is 14.5 Å². The van der Waals surface area contributed by atoms with Crippen molar-refractivity contribution in [2.75, 3.05) is 13.1 Å². The summed E-state index contributed by atoms with van der Waals surface area (Å²) in [4.78, 5) is 30.9. The number of aryl methyl sites for hydroxylation is 2. The number of aromatic nitrogens is 2. The first-order valence-electron chi connectivity index (χ1n) is 9.67. The minimum absolute atomic E-state index is 0.0784. The second-order valence-electron chi connectivity index (χ2n) is 8.29. The standard InChI is InChI=1S/C22H23N3O3/c1-13-11-24(2)21(28)18-17(10-23-19(13)18)20(27)25-7-6-22(9-15(22)12-25)14-4-3-5-16(26)8-14/h3-5,8,10-11,15,23,26H,6-7,9,12H2,1-2H3. The zero-order chi connectivity index (χ0) is 19.6. The highest BCUT2D eigenvalue weighted by Gasteiger charge is 2.58. The van der Waals surface area contributed by atoms with Crippen molar-refractivity contribution in [2.45, 2.75) is 25.2 Å². The van der Waals surface area contributed by atoms with Gasteiger partial charge in [-0.1, -0.05) is 12.1 Å². The van der Waals surface area contributed by atoms with Crippen LogP contribution < -0.4 is 5.56 Å². The van der Waals surface area contributed by atoms with E-state index in [1.807, 2.05) is 24.0 Å². The Hall–Kier alpha value is -3.02. The molecule has 0 spiro atoms. The molecule has 1 aliphatic carbocycles. The number of aromatic hydroxyl groups is 1. The Morgan fingerprint density at radius 1 is 1.36 bits per heavy atom. The number of fused-ring (bicyclic) bond motifs is 2. The highest BCUT2D eigenvalue weighted by atomic mass is 16.3. The molecular weight excluding hydrogens is 354 g/mol.